The quantitative estimate of drug-likeness (QED) is 0.616. The molecule has 1 atom stereocenters. The van der Waals surface area contributed by atoms with Gasteiger partial charge < -0.3 is 19.9 Å². The van der Waals surface area contributed by atoms with Crippen molar-refractivity contribution in [2.75, 3.05) is 32.8 Å². The minimum Gasteiger partial charge on any atom is -0.484 e. The monoisotopic (exact) mass is 371 g/mol. The van der Waals surface area contributed by atoms with Gasteiger partial charge in [-0.15, -0.1) is 0 Å². The molecule has 2 heterocycles. The van der Waals surface area contributed by atoms with E-state index in [0.717, 1.165) is 19.5 Å². The van der Waals surface area contributed by atoms with Crippen molar-refractivity contribution in [1.82, 2.24) is 15.2 Å². The third kappa shape index (κ3) is 6.23. The van der Waals surface area contributed by atoms with Gasteiger partial charge in [0, 0.05) is 19.3 Å². The predicted octanol–water partition coefficient (Wildman–Crippen LogP) is 1.79. The van der Waals surface area contributed by atoms with Crippen LogP contribution in [0.4, 0.5) is 0 Å². The standard InChI is InChI=1S/C20H25N3O4/c24-19(25)12-21-9-5-11-23(13-16-6-2-1-3-7-16)14-17-15-26-18-8-4-10-22-20(18)27-17/h1-4,6-8,10,17,21H,5,9,11-15H2,(H,24,25)/t17-/m0/s1. The van der Waals surface area contributed by atoms with E-state index < -0.39 is 5.97 Å². The summed E-state index contributed by atoms with van der Waals surface area (Å²) in [6.45, 7) is 3.47. The van der Waals surface area contributed by atoms with Gasteiger partial charge in [0.25, 0.3) is 5.88 Å². The zero-order valence-electron chi connectivity index (χ0n) is 15.2. The molecule has 0 saturated carbocycles. The Bertz CT molecular complexity index is 726. The molecule has 1 aromatic carbocycles. The number of hydrogen-bond donors (Lipinski definition) is 2. The Hall–Kier alpha value is -2.64. The second kappa shape index (κ2) is 9.89. The molecule has 144 valence electrons. The van der Waals surface area contributed by atoms with Crippen molar-refractivity contribution in [3.8, 4) is 11.6 Å². The van der Waals surface area contributed by atoms with Crippen LogP contribution in [0.3, 0.4) is 0 Å². The maximum Gasteiger partial charge on any atom is 0.317 e. The van der Waals surface area contributed by atoms with E-state index in [-0.39, 0.29) is 12.6 Å². The zero-order chi connectivity index (χ0) is 18.9. The lowest BCUT2D eigenvalue weighted by atomic mass is 10.2. The summed E-state index contributed by atoms with van der Waals surface area (Å²) in [5, 5.41) is 11.6. The molecule has 1 aromatic heterocycles. The van der Waals surface area contributed by atoms with E-state index in [4.69, 9.17) is 14.6 Å². The molecule has 7 heteroatoms. The van der Waals surface area contributed by atoms with Gasteiger partial charge in [0.1, 0.15) is 12.7 Å². The van der Waals surface area contributed by atoms with E-state index in [1.165, 1.54) is 5.56 Å². The molecule has 0 bridgehead atoms. The summed E-state index contributed by atoms with van der Waals surface area (Å²) in [4.78, 5) is 17.1. The number of carboxylic acid groups (broad SMARTS) is 1. The normalized spacial score (nSPS) is 15.7. The van der Waals surface area contributed by atoms with Crippen molar-refractivity contribution in [2.24, 2.45) is 0 Å². The topological polar surface area (TPSA) is 83.9 Å². The minimum absolute atomic E-state index is 0.0132. The number of carbonyl (C=O) groups is 1. The lowest BCUT2D eigenvalue weighted by Crippen LogP contribution is -2.41. The van der Waals surface area contributed by atoms with Crippen molar-refractivity contribution in [2.45, 2.75) is 19.1 Å². The van der Waals surface area contributed by atoms with E-state index in [9.17, 15) is 4.79 Å². The molecule has 7 nitrogen and oxygen atoms in total. The molecule has 0 spiro atoms. The molecule has 3 rings (SSSR count). The van der Waals surface area contributed by atoms with Gasteiger partial charge >= 0.3 is 5.97 Å². The first kappa shape index (κ1) is 19.1. The molecule has 1 aliphatic rings. The highest BCUT2D eigenvalue weighted by Gasteiger charge is 2.24. The molecule has 1 aliphatic heterocycles. The van der Waals surface area contributed by atoms with Gasteiger partial charge in [-0.1, -0.05) is 30.3 Å². The summed E-state index contributed by atoms with van der Waals surface area (Å²) >= 11 is 0. The number of benzene rings is 1. The van der Waals surface area contributed by atoms with Crippen LogP contribution in [0.25, 0.3) is 0 Å². The summed E-state index contributed by atoms with van der Waals surface area (Å²) in [6.07, 6.45) is 2.45. The molecular weight excluding hydrogens is 346 g/mol. The van der Waals surface area contributed by atoms with Gasteiger partial charge in [0.05, 0.1) is 6.54 Å². The van der Waals surface area contributed by atoms with Crippen LogP contribution in [0.15, 0.2) is 48.7 Å². The van der Waals surface area contributed by atoms with Crippen LogP contribution in [0.2, 0.25) is 0 Å². The predicted molar refractivity (Wildman–Crippen MR) is 101 cm³/mol. The highest BCUT2D eigenvalue weighted by Crippen LogP contribution is 2.28. The maximum atomic E-state index is 10.6. The van der Waals surface area contributed by atoms with Gasteiger partial charge in [0.2, 0.25) is 0 Å². The Morgan fingerprint density at radius 1 is 1.26 bits per heavy atom. The number of pyridine rings is 1. The summed E-state index contributed by atoms with van der Waals surface area (Å²) in [5.41, 5.74) is 1.23. The van der Waals surface area contributed by atoms with Crippen molar-refractivity contribution in [3.05, 3.63) is 54.2 Å². The first-order valence-corrected chi connectivity index (χ1v) is 9.14. The van der Waals surface area contributed by atoms with E-state index in [1.54, 1.807) is 6.20 Å². The fraction of sp³-hybridized carbons (Fsp3) is 0.400. The smallest absolute Gasteiger partial charge is 0.317 e. The highest BCUT2D eigenvalue weighted by molar-refractivity contribution is 5.68. The van der Waals surface area contributed by atoms with Crippen molar-refractivity contribution >= 4 is 5.97 Å². The Balaban J connectivity index is 1.55. The van der Waals surface area contributed by atoms with Crippen LogP contribution in [0.1, 0.15) is 12.0 Å². The first-order valence-electron chi connectivity index (χ1n) is 9.14. The average molecular weight is 371 g/mol. The molecule has 0 fully saturated rings. The van der Waals surface area contributed by atoms with Crippen LogP contribution in [-0.2, 0) is 11.3 Å². The number of hydrogen-bond acceptors (Lipinski definition) is 6. The van der Waals surface area contributed by atoms with Gasteiger partial charge in [0.15, 0.2) is 5.75 Å². The fourth-order valence-electron chi connectivity index (χ4n) is 3.03. The Morgan fingerprint density at radius 2 is 2.11 bits per heavy atom. The molecule has 27 heavy (non-hydrogen) atoms. The second-order valence-corrected chi connectivity index (χ2v) is 6.50. The maximum absolute atomic E-state index is 10.6. The second-order valence-electron chi connectivity index (χ2n) is 6.50. The van der Waals surface area contributed by atoms with Crippen LogP contribution >= 0.6 is 0 Å². The Labute approximate surface area is 158 Å². The van der Waals surface area contributed by atoms with Gasteiger partial charge in [-0.05, 0) is 37.2 Å². The number of aromatic nitrogens is 1. The first-order chi connectivity index (χ1) is 13.2. The number of ether oxygens (including phenoxy) is 2. The third-order valence-corrected chi connectivity index (χ3v) is 4.25. The lowest BCUT2D eigenvalue weighted by Gasteiger charge is -2.30. The molecule has 0 unspecified atom stereocenters. The summed E-state index contributed by atoms with van der Waals surface area (Å²) in [7, 11) is 0. The van der Waals surface area contributed by atoms with E-state index in [1.807, 2.05) is 30.3 Å². The SMILES string of the molecule is O=C(O)CNCCCN(Cc1ccccc1)C[C@H]1COc2cccnc2O1. The fourth-order valence-corrected chi connectivity index (χ4v) is 3.03. The zero-order valence-corrected chi connectivity index (χ0v) is 15.2. The van der Waals surface area contributed by atoms with Crippen molar-refractivity contribution < 1.29 is 19.4 Å². The third-order valence-electron chi connectivity index (χ3n) is 4.25. The molecular formula is C20H25N3O4. The largest absolute Gasteiger partial charge is 0.484 e. The van der Waals surface area contributed by atoms with E-state index >= 15 is 0 Å². The molecule has 2 aromatic rings. The van der Waals surface area contributed by atoms with Crippen molar-refractivity contribution in [1.29, 1.82) is 0 Å². The van der Waals surface area contributed by atoms with E-state index in [2.05, 4.69) is 27.3 Å². The van der Waals surface area contributed by atoms with Gasteiger partial charge in [-0.2, -0.15) is 0 Å². The van der Waals surface area contributed by atoms with Crippen LogP contribution in [-0.4, -0.2) is 59.8 Å². The molecule has 0 saturated heterocycles. The lowest BCUT2D eigenvalue weighted by molar-refractivity contribution is -0.135. The van der Waals surface area contributed by atoms with Gasteiger partial charge in [-0.3, -0.25) is 9.69 Å². The van der Waals surface area contributed by atoms with Gasteiger partial charge in [-0.25, -0.2) is 4.98 Å². The molecule has 0 radical (unpaired) electrons. The Morgan fingerprint density at radius 3 is 2.93 bits per heavy atom. The highest BCUT2D eigenvalue weighted by atomic mass is 16.6. The van der Waals surface area contributed by atoms with E-state index in [0.29, 0.717) is 31.3 Å². The number of nitrogens with zero attached hydrogens (tertiary/aromatic N) is 2. The molecule has 0 aliphatic carbocycles. The summed E-state index contributed by atoms with van der Waals surface area (Å²) in [5.74, 6) is 0.382. The molecule has 0 amide bonds. The number of nitrogens with one attached hydrogen (secondary N) is 1. The average Bonchev–Trinajstić information content (AvgIpc) is 2.68. The summed E-state index contributed by atoms with van der Waals surface area (Å²) < 4.78 is 11.8. The summed E-state index contributed by atoms with van der Waals surface area (Å²) in [6, 6.07) is 14.0. The van der Waals surface area contributed by atoms with Crippen LogP contribution in [0, 0.1) is 0 Å². The van der Waals surface area contributed by atoms with Crippen molar-refractivity contribution in [3.63, 3.8) is 0 Å². The number of rotatable bonds is 10. The number of aliphatic carboxylic acids is 1. The Kier molecular flexibility index (Phi) is 7.01. The minimum atomic E-state index is -0.838. The van der Waals surface area contributed by atoms with Crippen LogP contribution in [0.5, 0.6) is 11.6 Å². The number of fused-ring (bicyclic) bond motifs is 1. The van der Waals surface area contributed by atoms with Crippen LogP contribution < -0.4 is 14.8 Å². The molecule has 2 N–H and O–H groups in total. The number of carboxylic acids is 1.